The fourth-order valence-corrected chi connectivity index (χ4v) is 5.07. The Balaban J connectivity index is 1.59. The van der Waals surface area contributed by atoms with Gasteiger partial charge in [0.2, 0.25) is 11.8 Å². The smallest absolute Gasteiger partial charge is 0.335 e. The van der Waals surface area contributed by atoms with Gasteiger partial charge in [-0.05, 0) is 58.7 Å². The molecule has 0 spiro atoms. The molecule has 10 nitrogen and oxygen atoms in total. The molecule has 0 saturated heterocycles. The van der Waals surface area contributed by atoms with E-state index in [2.05, 4.69) is 16.0 Å². The molecule has 0 aliphatic heterocycles. The number of carbonyl (C=O) groups is 4. The van der Waals surface area contributed by atoms with Crippen LogP contribution in [0.1, 0.15) is 68.1 Å². The lowest BCUT2D eigenvalue weighted by molar-refractivity contribution is -0.133. The maximum atomic E-state index is 13.1. The molecule has 0 radical (unpaired) electrons. The van der Waals surface area contributed by atoms with Crippen molar-refractivity contribution in [2.75, 3.05) is 6.54 Å². The second-order valence-corrected chi connectivity index (χ2v) is 11.8. The minimum absolute atomic E-state index is 0.0715. The summed E-state index contributed by atoms with van der Waals surface area (Å²) in [6, 6.07) is 17.5. The van der Waals surface area contributed by atoms with Gasteiger partial charge in [-0.3, -0.25) is 14.4 Å². The van der Waals surface area contributed by atoms with Crippen molar-refractivity contribution >= 4 is 34.5 Å². The third-order valence-electron chi connectivity index (χ3n) is 7.46. The highest BCUT2D eigenvalue weighted by Crippen LogP contribution is 2.25. The van der Waals surface area contributed by atoms with Gasteiger partial charge in [0.1, 0.15) is 6.04 Å². The Morgan fingerprint density at radius 2 is 1.45 bits per heavy atom. The van der Waals surface area contributed by atoms with E-state index >= 15 is 0 Å². The van der Waals surface area contributed by atoms with Crippen LogP contribution in [-0.4, -0.2) is 63.7 Å². The Kier molecular flexibility index (Phi) is 12.4. The molecule has 6 N–H and O–H groups in total. The van der Waals surface area contributed by atoms with Crippen LogP contribution in [0.25, 0.3) is 10.8 Å². The van der Waals surface area contributed by atoms with Gasteiger partial charge in [-0.15, -0.1) is 0 Å². The minimum atomic E-state index is -1.47. The summed E-state index contributed by atoms with van der Waals surface area (Å²) < 4.78 is 0. The van der Waals surface area contributed by atoms with E-state index in [0.29, 0.717) is 18.4 Å². The molecular formula is C34H43N3O7. The molecule has 10 heteroatoms. The zero-order valence-electron chi connectivity index (χ0n) is 25.6. The molecular weight excluding hydrogens is 562 g/mol. The SMILES string of the molecule is CC(C)C[C@H](NC(=O)C(O)c1cccc2ccccc12)[C@@H](O)CC(=O)N[C@H](C(=O)NCCc1ccc(C(=O)O)cc1)C(C)C. The fraction of sp³-hybridized carbons (Fsp3) is 0.412. The quantitative estimate of drug-likeness (QED) is 0.155. The van der Waals surface area contributed by atoms with E-state index in [1.807, 2.05) is 44.2 Å². The van der Waals surface area contributed by atoms with Gasteiger partial charge >= 0.3 is 5.97 Å². The predicted molar refractivity (Wildman–Crippen MR) is 168 cm³/mol. The summed E-state index contributed by atoms with van der Waals surface area (Å²) >= 11 is 0. The lowest BCUT2D eigenvalue weighted by Crippen LogP contribution is -2.52. The van der Waals surface area contributed by atoms with E-state index in [9.17, 15) is 29.4 Å². The molecule has 0 bridgehead atoms. The Bertz CT molecular complexity index is 1430. The average Bonchev–Trinajstić information content (AvgIpc) is 2.98. The highest BCUT2D eigenvalue weighted by molar-refractivity contribution is 5.92. The van der Waals surface area contributed by atoms with Gasteiger partial charge in [-0.25, -0.2) is 4.79 Å². The number of carboxylic acid groups (broad SMARTS) is 1. The van der Waals surface area contributed by atoms with Crippen LogP contribution in [0.3, 0.4) is 0 Å². The molecule has 0 fully saturated rings. The van der Waals surface area contributed by atoms with Crippen LogP contribution in [0, 0.1) is 11.8 Å². The number of hydrogen-bond acceptors (Lipinski definition) is 6. The highest BCUT2D eigenvalue weighted by atomic mass is 16.4. The van der Waals surface area contributed by atoms with Crippen LogP contribution in [0.2, 0.25) is 0 Å². The van der Waals surface area contributed by atoms with Crippen LogP contribution in [-0.2, 0) is 20.8 Å². The van der Waals surface area contributed by atoms with Gasteiger partial charge in [0.15, 0.2) is 6.10 Å². The number of nitrogens with one attached hydrogen (secondary N) is 3. The van der Waals surface area contributed by atoms with Crippen LogP contribution < -0.4 is 16.0 Å². The lowest BCUT2D eigenvalue weighted by atomic mass is 9.95. The number of aromatic carboxylic acids is 1. The van der Waals surface area contributed by atoms with Crippen molar-refractivity contribution in [3.63, 3.8) is 0 Å². The largest absolute Gasteiger partial charge is 0.478 e. The molecule has 0 aliphatic carbocycles. The molecule has 0 aromatic heterocycles. The molecule has 4 atom stereocenters. The summed E-state index contributed by atoms with van der Waals surface area (Å²) in [7, 11) is 0. The van der Waals surface area contributed by atoms with Crippen molar-refractivity contribution in [2.45, 2.75) is 71.2 Å². The Morgan fingerprint density at radius 3 is 2.09 bits per heavy atom. The first-order valence-electron chi connectivity index (χ1n) is 14.9. The Hall–Kier alpha value is -4.28. The van der Waals surface area contributed by atoms with Gasteiger partial charge in [-0.1, -0.05) is 82.3 Å². The molecule has 3 amide bonds. The van der Waals surface area contributed by atoms with Crippen LogP contribution >= 0.6 is 0 Å². The number of fused-ring (bicyclic) bond motifs is 1. The predicted octanol–water partition coefficient (Wildman–Crippen LogP) is 3.35. The van der Waals surface area contributed by atoms with Gasteiger partial charge in [0, 0.05) is 6.54 Å². The van der Waals surface area contributed by atoms with E-state index in [-0.39, 0.29) is 36.3 Å². The van der Waals surface area contributed by atoms with E-state index in [4.69, 9.17) is 5.11 Å². The van der Waals surface area contributed by atoms with E-state index in [1.54, 1.807) is 38.1 Å². The van der Waals surface area contributed by atoms with Crippen molar-refractivity contribution in [1.29, 1.82) is 0 Å². The van der Waals surface area contributed by atoms with Crippen LogP contribution in [0.15, 0.2) is 66.7 Å². The summed E-state index contributed by atoms with van der Waals surface area (Å²) in [5, 5.41) is 40.8. The van der Waals surface area contributed by atoms with Crippen molar-refractivity contribution in [2.24, 2.45) is 11.8 Å². The maximum Gasteiger partial charge on any atom is 0.335 e. The number of hydrogen-bond donors (Lipinski definition) is 6. The summed E-state index contributed by atoms with van der Waals surface area (Å²) in [5.74, 6) is -2.79. The van der Waals surface area contributed by atoms with Crippen molar-refractivity contribution in [3.05, 3.63) is 83.4 Å². The monoisotopic (exact) mass is 605 g/mol. The maximum absolute atomic E-state index is 13.1. The number of rotatable bonds is 15. The number of aliphatic hydroxyl groups excluding tert-OH is 2. The first-order valence-corrected chi connectivity index (χ1v) is 14.9. The third-order valence-corrected chi connectivity index (χ3v) is 7.46. The first-order chi connectivity index (χ1) is 20.9. The third kappa shape index (κ3) is 9.62. The normalized spacial score (nSPS) is 14.1. The minimum Gasteiger partial charge on any atom is -0.478 e. The van der Waals surface area contributed by atoms with Crippen molar-refractivity contribution < 1.29 is 34.5 Å². The summed E-state index contributed by atoms with van der Waals surface area (Å²) in [5.41, 5.74) is 1.48. The van der Waals surface area contributed by atoms with Crippen LogP contribution in [0.5, 0.6) is 0 Å². The van der Waals surface area contributed by atoms with E-state index < -0.39 is 42.1 Å². The number of benzene rings is 3. The Morgan fingerprint density at radius 1 is 0.795 bits per heavy atom. The summed E-state index contributed by atoms with van der Waals surface area (Å²) in [6.45, 7) is 7.72. The molecule has 236 valence electrons. The van der Waals surface area contributed by atoms with Crippen LogP contribution in [0.4, 0.5) is 0 Å². The number of amides is 3. The zero-order valence-corrected chi connectivity index (χ0v) is 25.6. The van der Waals surface area contributed by atoms with Gasteiger partial charge < -0.3 is 31.3 Å². The Labute approximate surface area is 257 Å². The van der Waals surface area contributed by atoms with Gasteiger partial charge in [0.05, 0.1) is 24.1 Å². The van der Waals surface area contributed by atoms with E-state index in [0.717, 1.165) is 16.3 Å². The molecule has 0 aliphatic rings. The zero-order chi connectivity index (χ0) is 32.4. The molecule has 3 aromatic carbocycles. The molecule has 0 saturated carbocycles. The van der Waals surface area contributed by atoms with Gasteiger partial charge in [-0.2, -0.15) is 0 Å². The number of aliphatic hydroxyl groups is 2. The lowest BCUT2D eigenvalue weighted by Gasteiger charge is -2.28. The molecule has 3 aromatic rings. The average molecular weight is 606 g/mol. The second-order valence-electron chi connectivity index (χ2n) is 11.8. The van der Waals surface area contributed by atoms with Crippen molar-refractivity contribution in [1.82, 2.24) is 16.0 Å². The molecule has 3 rings (SSSR count). The highest BCUT2D eigenvalue weighted by Gasteiger charge is 2.30. The second kappa shape index (κ2) is 16.0. The van der Waals surface area contributed by atoms with Crippen molar-refractivity contribution in [3.8, 4) is 0 Å². The molecule has 44 heavy (non-hydrogen) atoms. The first kappa shape index (κ1) is 34.2. The fourth-order valence-electron chi connectivity index (χ4n) is 5.07. The number of carbonyl (C=O) groups excluding carboxylic acids is 3. The number of carboxylic acids is 1. The standard InChI is InChI=1S/C34H43N3O7/c1-20(2)18-27(36-33(42)31(40)26-11-7-9-23-8-5-6-10-25(23)26)28(38)19-29(39)37-30(21(3)4)32(41)35-17-16-22-12-14-24(15-13-22)34(43)44/h5-15,20-21,27-28,30-31,38,40H,16-19H2,1-4H3,(H,35,41)(H,36,42)(H,37,39)(H,43,44)/t27-,28-,30-,31?/m0/s1. The summed E-state index contributed by atoms with van der Waals surface area (Å²) in [4.78, 5) is 50.0. The summed E-state index contributed by atoms with van der Waals surface area (Å²) in [6.07, 6.45) is -2.24. The van der Waals surface area contributed by atoms with Gasteiger partial charge in [0.25, 0.3) is 5.91 Å². The molecule has 1 unspecified atom stereocenters. The van der Waals surface area contributed by atoms with E-state index in [1.165, 1.54) is 12.1 Å². The molecule has 0 heterocycles. The topological polar surface area (TPSA) is 165 Å².